The molecule has 0 aliphatic carbocycles. The van der Waals surface area contributed by atoms with Crippen LogP contribution in [-0.2, 0) is 4.74 Å². The van der Waals surface area contributed by atoms with Crippen molar-refractivity contribution in [2.45, 2.75) is 40.0 Å². The standard InChI is InChI=1S/C12H24N2O/c1-4-15-10-6-9-14-11-12(2,3)7-5-8-13/h14H,4-7,9-11H2,1-3H3. The molecule has 0 radical (unpaired) electrons. The Bertz CT molecular complexity index is 185. The average molecular weight is 212 g/mol. The van der Waals surface area contributed by atoms with Crippen molar-refractivity contribution in [3.05, 3.63) is 0 Å². The van der Waals surface area contributed by atoms with E-state index in [9.17, 15) is 0 Å². The van der Waals surface area contributed by atoms with Crippen LogP contribution in [0.1, 0.15) is 40.0 Å². The predicted molar refractivity (Wildman–Crippen MR) is 62.6 cm³/mol. The van der Waals surface area contributed by atoms with Gasteiger partial charge in [0.25, 0.3) is 0 Å². The van der Waals surface area contributed by atoms with E-state index in [1.807, 2.05) is 6.92 Å². The molecule has 0 rings (SSSR count). The van der Waals surface area contributed by atoms with Gasteiger partial charge < -0.3 is 10.1 Å². The summed E-state index contributed by atoms with van der Waals surface area (Å²) >= 11 is 0. The molecule has 0 bridgehead atoms. The predicted octanol–water partition coefficient (Wildman–Crippen LogP) is 2.33. The highest BCUT2D eigenvalue weighted by molar-refractivity contribution is 4.78. The van der Waals surface area contributed by atoms with Gasteiger partial charge in [0.2, 0.25) is 0 Å². The van der Waals surface area contributed by atoms with Crippen molar-refractivity contribution in [3.63, 3.8) is 0 Å². The Hall–Kier alpha value is -0.590. The topological polar surface area (TPSA) is 45.0 Å². The normalized spacial score (nSPS) is 11.3. The molecule has 88 valence electrons. The van der Waals surface area contributed by atoms with Gasteiger partial charge in [0.15, 0.2) is 0 Å². The molecule has 3 nitrogen and oxygen atoms in total. The van der Waals surface area contributed by atoms with Gasteiger partial charge in [-0.1, -0.05) is 13.8 Å². The highest BCUT2D eigenvalue weighted by atomic mass is 16.5. The first-order chi connectivity index (χ1) is 7.12. The van der Waals surface area contributed by atoms with E-state index in [1.165, 1.54) is 0 Å². The third kappa shape index (κ3) is 9.71. The fourth-order valence-electron chi connectivity index (χ4n) is 1.35. The van der Waals surface area contributed by atoms with Crippen molar-refractivity contribution in [1.82, 2.24) is 5.32 Å². The second kappa shape index (κ2) is 8.70. The maximum Gasteiger partial charge on any atom is 0.0621 e. The van der Waals surface area contributed by atoms with E-state index in [0.717, 1.165) is 39.1 Å². The van der Waals surface area contributed by atoms with Gasteiger partial charge in [0.1, 0.15) is 0 Å². The molecule has 0 saturated heterocycles. The zero-order chi connectivity index (χ0) is 11.6. The molecule has 15 heavy (non-hydrogen) atoms. The van der Waals surface area contributed by atoms with Crippen LogP contribution in [0.5, 0.6) is 0 Å². The van der Waals surface area contributed by atoms with E-state index in [2.05, 4.69) is 25.2 Å². The Morgan fingerprint density at radius 2 is 2.13 bits per heavy atom. The number of ether oxygens (including phenoxy) is 1. The summed E-state index contributed by atoms with van der Waals surface area (Å²) in [4.78, 5) is 0. The van der Waals surface area contributed by atoms with E-state index in [4.69, 9.17) is 10.00 Å². The maximum absolute atomic E-state index is 8.51. The number of hydrogen-bond donors (Lipinski definition) is 1. The van der Waals surface area contributed by atoms with Crippen molar-refractivity contribution in [1.29, 1.82) is 5.26 Å². The number of nitriles is 1. The molecular formula is C12H24N2O. The smallest absolute Gasteiger partial charge is 0.0621 e. The van der Waals surface area contributed by atoms with E-state index < -0.39 is 0 Å². The van der Waals surface area contributed by atoms with Crippen LogP contribution in [0.25, 0.3) is 0 Å². The van der Waals surface area contributed by atoms with Crippen molar-refractivity contribution in [2.75, 3.05) is 26.3 Å². The number of nitrogens with zero attached hydrogens (tertiary/aromatic N) is 1. The summed E-state index contributed by atoms with van der Waals surface area (Å²) in [5.41, 5.74) is 0.224. The molecule has 0 saturated carbocycles. The fraction of sp³-hybridized carbons (Fsp3) is 0.917. The van der Waals surface area contributed by atoms with Gasteiger partial charge in [-0.3, -0.25) is 0 Å². The molecule has 0 aromatic rings. The van der Waals surface area contributed by atoms with E-state index >= 15 is 0 Å². The van der Waals surface area contributed by atoms with Crippen LogP contribution in [-0.4, -0.2) is 26.3 Å². The SMILES string of the molecule is CCOCCCNCC(C)(C)CCC#N. The highest BCUT2D eigenvalue weighted by Crippen LogP contribution is 2.20. The van der Waals surface area contributed by atoms with Crippen LogP contribution in [0, 0.1) is 16.7 Å². The summed E-state index contributed by atoms with van der Waals surface area (Å²) in [6.07, 6.45) is 2.66. The lowest BCUT2D eigenvalue weighted by molar-refractivity contribution is 0.144. The molecule has 0 unspecified atom stereocenters. The van der Waals surface area contributed by atoms with Crippen molar-refractivity contribution in [2.24, 2.45) is 5.41 Å². The average Bonchev–Trinajstić information content (AvgIpc) is 2.20. The molecule has 0 atom stereocenters. The molecule has 0 spiro atoms. The van der Waals surface area contributed by atoms with Crippen LogP contribution in [0.2, 0.25) is 0 Å². The summed E-state index contributed by atoms with van der Waals surface area (Å²) in [6.45, 7) is 10.0. The largest absolute Gasteiger partial charge is 0.382 e. The van der Waals surface area contributed by atoms with Gasteiger partial charge in [-0.25, -0.2) is 0 Å². The molecule has 1 N–H and O–H groups in total. The third-order valence-electron chi connectivity index (χ3n) is 2.36. The summed E-state index contributed by atoms with van der Waals surface area (Å²) < 4.78 is 5.25. The first-order valence-electron chi connectivity index (χ1n) is 5.78. The number of nitrogens with one attached hydrogen (secondary N) is 1. The van der Waals surface area contributed by atoms with Gasteiger partial charge in [-0.15, -0.1) is 0 Å². The molecule has 0 amide bonds. The molecule has 0 aromatic heterocycles. The summed E-state index contributed by atoms with van der Waals surface area (Å²) in [7, 11) is 0. The quantitative estimate of drug-likeness (QED) is 0.597. The summed E-state index contributed by atoms with van der Waals surface area (Å²) in [6, 6.07) is 2.19. The van der Waals surface area contributed by atoms with Crippen molar-refractivity contribution >= 4 is 0 Å². The zero-order valence-electron chi connectivity index (χ0n) is 10.3. The van der Waals surface area contributed by atoms with Crippen LogP contribution >= 0.6 is 0 Å². The van der Waals surface area contributed by atoms with E-state index in [0.29, 0.717) is 6.42 Å². The minimum absolute atomic E-state index is 0.224. The fourth-order valence-corrected chi connectivity index (χ4v) is 1.35. The van der Waals surface area contributed by atoms with E-state index in [1.54, 1.807) is 0 Å². The minimum Gasteiger partial charge on any atom is -0.382 e. The number of hydrogen-bond acceptors (Lipinski definition) is 3. The van der Waals surface area contributed by atoms with Crippen LogP contribution in [0.15, 0.2) is 0 Å². The van der Waals surface area contributed by atoms with Crippen molar-refractivity contribution in [3.8, 4) is 6.07 Å². The van der Waals surface area contributed by atoms with Crippen LogP contribution in [0.3, 0.4) is 0 Å². The highest BCUT2D eigenvalue weighted by Gasteiger charge is 2.16. The third-order valence-corrected chi connectivity index (χ3v) is 2.36. The second-order valence-corrected chi connectivity index (χ2v) is 4.55. The Morgan fingerprint density at radius 1 is 1.40 bits per heavy atom. The first kappa shape index (κ1) is 14.4. The zero-order valence-corrected chi connectivity index (χ0v) is 10.3. The maximum atomic E-state index is 8.51. The van der Waals surface area contributed by atoms with Crippen LogP contribution < -0.4 is 5.32 Å². The molecule has 0 heterocycles. The van der Waals surface area contributed by atoms with Crippen LogP contribution in [0.4, 0.5) is 0 Å². The lowest BCUT2D eigenvalue weighted by atomic mass is 9.88. The summed E-state index contributed by atoms with van der Waals surface area (Å²) in [5, 5.41) is 11.9. The van der Waals surface area contributed by atoms with Gasteiger partial charge in [0.05, 0.1) is 6.07 Å². The minimum atomic E-state index is 0.224. The van der Waals surface area contributed by atoms with Gasteiger partial charge in [0, 0.05) is 26.2 Å². The molecule has 3 heteroatoms. The first-order valence-corrected chi connectivity index (χ1v) is 5.78. The Kier molecular flexibility index (Phi) is 8.35. The Labute approximate surface area is 93.8 Å². The lowest BCUT2D eigenvalue weighted by Crippen LogP contribution is -2.30. The number of rotatable bonds is 9. The molecule has 0 fully saturated rings. The monoisotopic (exact) mass is 212 g/mol. The molecule has 0 aliphatic rings. The van der Waals surface area contributed by atoms with Gasteiger partial charge in [-0.2, -0.15) is 5.26 Å². The molecule has 0 aliphatic heterocycles. The Morgan fingerprint density at radius 3 is 2.73 bits per heavy atom. The second-order valence-electron chi connectivity index (χ2n) is 4.55. The van der Waals surface area contributed by atoms with Gasteiger partial charge >= 0.3 is 0 Å². The Balaban J connectivity index is 3.36. The van der Waals surface area contributed by atoms with Gasteiger partial charge in [-0.05, 0) is 31.7 Å². The molecular weight excluding hydrogens is 188 g/mol. The molecule has 0 aromatic carbocycles. The lowest BCUT2D eigenvalue weighted by Gasteiger charge is -2.23. The van der Waals surface area contributed by atoms with E-state index in [-0.39, 0.29) is 5.41 Å². The van der Waals surface area contributed by atoms with Crippen molar-refractivity contribution < 1.29 is 4.74 Å². The summed E-state index contributed by atoms with van der Waals surface area (Å²) in [5.74, 6) is 0.